The molecule has 0 fully saturated rings. The molecule has 3 rings (SSSR count). The molecule has 0 radical (unpaired) electrons. The molecule has 0 saturated heterocycles. The average molecular weight is 534 g/mol. The molecule has 0 unspecified atom stereocenters. The molecule has 0 aliphatic carbocycles. The summed E-state index contributed by atoms with van der Waals surface area (Å²) in [6.07, 6.45) is 0. The number of rotatable bonds is 11. The topological polar surface area (TPSA) is 116 Å². The Bertz CT molecular complexity index is 1340. The molecule has 0 aliphatic rings. The first-order valence-corrected chi connectivity index (χ1v) is 12.9. The normalized spacial score (nSPS) is 11.5. The second-order valence-corrected chi connectivity index (χ2v) is 10.1. The molecule has 3 aromatic rings. The quantitative estimate of drug-likeness (QED) is 0.296. The van der Waals surface area contributed by atoms with Crippen molar-refractivity contribution in [2.45, 2.75) is 11.8 Å². The maximum atomic E-state index is 13.8. The molecule has 0 saturated carbocycles. The first-order valence-electron chi connectivity index (χ1n) is 10.6. The Hall–Kier alpha value is -3.77. The minimum Gasteiger partial charge on any atom is -0.497 e. The van der Waals surface area contributed by atoms with Gasteiger partial charge in [-0.05, 0) is 42.6 Å². The van der Waals surface area contributed by atoms with Crippen LogP contribution in [0.4, 0.5) is 5.69 Å². The van der Waals surface area contributed by atoms with Crippen LogP contribution in [-0.2, 0) is 14.8 Å². The van der Waals surface area contributed by atoms with Crippen LogP contribution in [0.15, 0.2) is 63.9 Å². The Morgan fingerprint density at radius 3 is 2.25 bits per heavy atom. The second kappa shape index (κ2) is 11.8. The number of thiophene rings is 1. The molecule has 1 heterocycles. The molecule has 12 heteroatoms. The summed E-state index contributed by atoms with van der Waals surface area (Å²) < 4.78 is 49.8. The van der Waals surface area contributed by atoms with Gasteiger partial charge in [-0.2, -0.15) is 5.10 Å². The molecule has 192 valence electrons. The van der Waals surface area contributed by atoms with Crippen LogP contribution in [0.2, 0.25) is 0 Å². The van der Waals surface area contributed by atoms with E-state index in [0.29, 0.717) is 17.2 Å². The van der Waals surface area contributed by atoms with Gasteiger partial charge in [0.2, 0.25) is 0 Å². The first kappa shape index (κ1) is 26.8. The van der Waals surface area contributed by atoms with Gasteiger partial charge in [-0.25, -0.2) is 13.8 Å². The fraction of sp³-hybridized carbons (Fsp3) is 0.250. The van der Waals surface area contributed by atoms with Gasteiger partial charge in [0.1, 0.15) is 18.0 Å². The SMILES string of the molecule is COc1ccc(OC)c(N(CC(=O)N/N=C(/C)c2cccs2)S(=O)(=O)c2ccc(OC)c(OC)c2)c1. The van der Waals surface area contributed by atoms with Crippen molar-refractivity contribution in [1.29, 1.82) is 0 Å². The number of benzene rings is 2. The molecule has 0 spiro atoms. The summed E-state index contributed by atoms with van der Waals surface area (Å²) in [5, 5.41) is 6.00. The van der Waals surface area contributed by atoms with Crippen LogP contribution in [0.3, 0.4) is 0 Å². The van der Waals surface area contributed by atoms with Crippen molar-refractivity contribution < 1.29 is 32.2 Å². The van der Waals surface area contributed by atoms with Gasteiger partial charge in [0, 0.05) is 17.0 Å². The number of methoxy groups -OCH3 is 4. The lowest BCUT2D eigenvalue weighted by Gasteiger charge is -2.26. The van der Waals surface area contributed by atoms with E-state index in [9.17, 15) is 13.2 Å². The van der Waals surface area contributed by atoms with E-state index in [1.165, 1.54) is 64.0 Å². The van der Waals surface area contributed by atoms with Gasteiger partial charge in [-0.3, -0.25) is 9.10 Å². The standard InChI is InChI=1S/C24H27N3O7S2/c1-16(23-7-6-12-35-23)25-26-24(28)15-27(19-13-17(31-2)8-10-20(19)32-3)36(29,30)18-9-11-21(33-4)22(14-18)34-5/h6-14H,15H2,1-5H3,(H,26,28)/b25-16-. The molecule has 1 aromatic heterocycles. The van der Waals surface area contributed by atoms with Crippen molar-refractivity contribution in [2.24, 2.45) is 5.10 Å². The highest BCUT2D eigenvalue weighted by Gasteiger charge is 2.31. The second-order valence-electron chi connectivity index (χ2n) is 7.28. The molecule has 0 aliphatic heterocycles. The number of hydrogen-bond acceptors (Lipinski definition) is 9. The van der Waals surface area contributed by atoms with E-state index < -0.39 is 22.5 Å². The summed E-state index contributed by atoms with van der Waals surface area (Å²) in [5.74, 6) is 0.533. The van der Waals surface area contributed by atoms with Crippen LogP contribution < -0.4 is 28.7 Å². The zero-order valence-electron chi connectivity index (χ0n) is 20.5. The maximum absolute atomic E-state index is 13.8. The van der Waals surface area contributed by atoms with Crippen LogP contribution in [-0.4, -0.2) is 55.0 Å². The van der Waals surface area contributed by atoms with Crippen molar-refractivity contribution in [3.05, 3.63) is 58.8 Å². The maximum Gasteiger partial charge on any atom is 0.265 e. The Morgan fingerprint density at radius 1 is 0.944 bits per heavy atom. The van der Waals surface area contributed by atoms with E-state index in [0.717, 1.165) is 9.18 Å². The smallest absolute Gasteiger partial charge is 0.265 e. The van der Waals surface area contributed by atoms with Gasteiger partial charge in [0.25, 0.3) is 15.9 Å². The van der Waals surface area contributed by atoms with Crippen LogP contribution in [0.5, 0.6) is 23.0 Å². The number of anilines is 1. The zero-order chi connectivity index (χ0) is 26.3. The lowest BCUT2D eigenvalue weighted by molar-refractivity contribution is -0.119. The monoisotopic (exact) mass is 533 g/mol. The van der Waals surface area contributed by atoms with Crippen LogP contribution in [0, 0.1) is 0 Å². The van der Waals surface area contributed by atoms with Crippen LogP contribution >= 0.6 is 11.3 Å². The van der Waals surface area contributed by atoms with Crippen LogP contribution in [0.1, 0.15) is 11.8 Å². The summed E-state index contributed by atoms with van der Waals surface area (Å²) in [6.45, 7) is 1.16. The zero-order valence-corrected chi connectivity index (χ0v) is 22.1. The van der Waals surface area contributed by atoms with E-state index >= 15 is 0 Å². The molecule has 1 amide bonds. The van der Waals surface area contributed by atoms with Crippen molar-refractivity contribution in [3.8, 4) is 23.0 Å². The number of amides is 1. The van der Waals surface area contributed by atoms with Crippen molar-refractivity contribution in [2.75, 3.05) is 39.3 Å². The number of nitrogens with one attached hydrogen (secondary N) is 1. The Balaban J connectivity index is 2.05. The first-order chi connectivity index (χ1) is 17.2. The Labute approximate surface area is 214 Å². The molecule has 0 bridgehead atoms. The molecule has 10 nitrogen and oxygen atoms in total. The van der Waals surface area contributed by atoms with Gasteiger partial charge in [-0.15, -0.1) is 11.3 Å². The van der Waals surface area contributed by atoms with Crippen molar-refractivity contribution in [3.63, 3.8) is 0 Å². The van der Waals surface area contributed by atoms with Gasteiger partial charge < -0.3 is 18.9 Å². The third kappa shape index (κ3) is 5.89. The number of hydrazone groups is 1. The van der Waals surface area contributed by atoms with Gasteiger partial charge in [0.05, 0.1) is 44.7 Å². The number of nitrogens with zero attached hydrogens (tertiary/aromatic N) is 2. The molecule has 1 N–H and O–H groups in total. The number of carbonyl (C=O) groups is 1. The van der Waals surface area contributed by atoms with Gasteiger partial charge in [-0.1, -0.05) is 6.07 Å². The third-order valence-electron chi connectivity index (χ3n) is 5.11. The van der Waals surface area contributed by atoms with Crippen LogP contribution in [0.25, 0.3) is 0 Å². The predicted octanol–water partition coefficient (Wildman–Crippen LogP) is 3.52. The largest absolute Gasteiger partial charge is 0.497 e. The predicted molar refractivity (Wildman–Crippen MR) is 138 cm³/mol. The molecular weight excluding hydrogens is 506 g/mol. The summed E-state index contributed by atoms with van der Waals surface area (Å²) in [7, 11) is 1.41. The van der Waals surface area contributed by atoms with E-state index in [1.54, 1.807) is 19.1 Å². The van der Waals surface area contributed by atoms with E-state index in [2.05, 4.69) is 10.5 Å². The summed E-state index contributed by atoms with van der Waals surface area (Å²) >= 11 is 1.47. The fourth-order valence-corrected chi connectivity index (χ4v) is 5.36. The highest BCUT2D eigenvalue weighted by molar-refractivity contribution is 7.92. The number of carbonyl (C=O) groups excluding carboxylic acids is 1. The van der Waals surface area contributed by atoms with E-state index in [1.807, 2.05) is 17.5 Å². The van der Waals surface area contributed by atoms with E-state index in [-0.39, 0.29) is 22.1 Å². The van der Waals surface area contributed by atoms with E-state index in [4.69, 9.17) is 18.9 Å². The summed E-state index contributed by atoms with van der Waals surface area (Å²) in [6, 6.07) is 12.6. The fourth-order valence-electron chi connectivity index (χ4n) is 3.25. The van der Waals surface area contributed by atoms with Crippen molar-refractivity contribution >= 4 is 38.7 Å². The highest BCUT2D eigenvalue weighted by atomic mass is 32.2. The number of hydrogen-bond donors (Lipinski definition) is 1. The molecule has 2 aromatic carbocycles. The van der Waals surface area contributed by atoms with Gasteiger partial charge >= 0.3 is 0 Å². The van der Waals surface area contributed by atoms with Gasteiger partial charge in [0.15, 0.2) is 11.5 Å². The lowest BCUT2D eigenvalue weighted by atomic mass is 10.2. The number of sulfonamides is 1. The average Bonchev–Trinajstić information content (AvgIpc) is 3.44. The third-order valence-corrected chi connectivity index (χ3v) is 7.85. The summed E-state index contributed by atoms with van der Waals surface area (Å²) in [5.41, 5.74) is 3.14. The van der Waals surface area contributed by atoms with Crippen molar-refractivity contribution in [1.82, 2.24) is 5.43 Å². The molecule has 36 heavy (non-hydrogen) atoms. The Morgan fingerprint density at radius 2 is 1.64 bits per heavy atom. The lowest BCUT2D eigenvalue weighted by Crippen LogP contribution is -2.40. The minimum absolute atomic E-state index is 0.112. The molecule has 0 atom stereocenters. The number of ether oxygens (including phenoxy) is 4. The molecular formula is C24H27N3O7S2. The Kier molecular flexibility index (Phi) is 8.78. The summed E-state index contributed by atoms with van der Waals surface area (Å²) in [4.78, 5) is 13.7. The minimum atomic E-state index is -4.29. The highest BCUT2D eigenvalue weighted by Crippen LogP contribution is 2.37.